The molecule has 17 heavy (non-hydrogen) atoms. The van der Waals surface area contributed by atoms with E-state index in [1.54, 1.807) is 11.3 Å². The fraction of sp³-hybridized carbons (Fsp3) is 0.333. The molecule has 1 aromatic heterocycles. The van der Waals surface area contributed by atoms with Crippen molar-refractivity contribution in [3.8, 4) is 0 Å². The molecule has 90 valence electrons. The van der Waals surface area contributed by atoms with Crippen molar-refractivity contribution in [2.45, 2.75) is 32.3 Å². The molecule has 1 nitrogen and oxygen atoms in total. The van der Waals surface area contributed by atoms with Gasteiger partial charge >= 0.3 is 0 Å². The number of aliphatic hydroxyl groups excluding tert-OH is 1. The van der Waals surface area contributed by atoms with Gasteiger partial charge in [0.2, 0.25) is 0 Å². The van der Waals surface area contributed by atoms with Gasteiger partial charge < -0.3 is 5.11 Å². The minimum absolute atomic E-state index is 0.383. The van der Waals surface area contributed by atoms with Crippen molar-refractivity contribution in [1.29, 1.82) is 0 Å². The highest BCUT2D eigenvalue weighted by Gasteiger charge is 2.09. The molecule has 1 heterocycles. The summed E-state index contributed by atoms with van der Waals surface area (Å²) in [6.45, 7) is 4.38. The van der Waals surface area contributed by atoms with Crippen LogP contribution in [0.4, 0.5) is 0 Å². The quantitative estimate of drug-likeness (QED) is 0.859. The van der Waals surface area contributed by atoms with Crippen LogP contribution >= 0.6 is 11.3 Å². The maximum atomic E-state index is 10.0. The first kappa shape index (κ1) is 12.3. The number of hydrogen-bond acceptors (Lipinski definition) is 2. The van der Waals surface area contributed by atoms with E-state index in [1.165, 1.54) is 11.1 Å². The van der Waals surface area contributed by atoms with Gasteiger partial charge in [0.05, 0.1) is 6.10 Å². The number of thiophene rings is 1. The van der Waals surface area contributed by atoms with Crippen molar-refractivity contribution >= 4 is 11.3 Å². The first-order valence-corrected chi connectivity index (χ1v) is 6.90. The Bertz CT molecular complexity index is 442. The van der Waals surface area contributed by atoms with Crippen molar-refractivity contribution < 1.29 is 5.11 Å². The highest BCUT2D eigenvalue weighted by atomic mass is 32.1. The molecule has 0 fully saturated rings. The summed E-state index contributed by atoms with van der Waals surface area (Å²) in [5, 5.41) is 14.1. The smallest absolute Gasteiger partial charge is 0.0838 e. The standard InChI is InChI=1S/C15H18OS/c1-11(2)13-5-3-12(4-6-13)9-15(16)14-7-8-17-10-14/h3-8,10-11,15-16H,9H2,1-2H3. The van der Waals surface area contributed by atoms with Crippen molar-refractivity contribution in [3.63, 3.8) is 0 Å². The van der Waals surface area contributed by atoms with E-state index >= 15 is 0 Å². The third-order valence-electron chi connectivity index (χ3n) is 3.00. The fourth-order valence-corrected chi connectivity index (χ4v) is 2.55. The van der Waals surface area contributed by atoms with E-state index < -0.39 is 0 Å². The van der Waals surface area contributed by atoms with Crippen molar-refractivity contribution in [2.75, 3.05) is 0 Å². The molecule has 0 saturated heterocycles. The van der Waals surface area contributed by atoms with Crippen LogP contribution in [-0.4, -0.2) is 5.11 Å². The summed E-state index contributed by atoms with van der Waals surface area (Å²) < 4.78 is 0. The zero-order valence-electron chi connectivity index (χ0n) is 10.3. The number of aliphatic hydroxyl groups is 1. The molecule has 2 heteroatoms. The molecule has 0 saturated carbocycles. The van der Waals surface area contributed by atoms with Gasteiger partial charge in [-0.25, -0.2) is 0 Å². The van der Waals surface area contributed by atoms with E-state index in [0.29, 0.717) is 12.3 Å². The maximum absolute atomic E-state index is 10.0. The lowest BCUT2D eigenvalue weighted by Crippen LogP contribution is -2.00. The van der Waals surface area contributed by atoms with Gasteiger partial charge in [-0.2, -0.15) is 11.3 Å². The summed E-state index contributed by atoms with van der Waals surface area (Å²) in [7, 11) is 0. The summed E-state index contributed by atoms with van der Waals surface area (Å²) in [5.74, 6) is 0.561. The van der Waals surface area contributed by atoms with E-state index in [9.17, 15) is 5.11 Å². The van der Waals surface area contributed by atoms with Crippen LogP contribution in [0.1, 0.15) is 42.6 Å². The molecule has 1 aromatic carbocycles. The Morgan fingerprint density at radius 2 is 1.76 bits per heavy atom. The number of benzene rings is 1. The van der Waals surface area contributed by atoms with E-state index in [2.05, 4.69) is 38.1 Å². The van der Waals surface area contributed by atoms with Crippen LogP contribution in [0.3, 0.4) is 0 Å². The molecule has 2 rings (SSSR count). The average Bonchev–Trinajstić information content (AvgIpc) is 2.83. The van der Waals surface area contributed by atoms with Gasteiger partial charge in [0.15, 0.2) is 0 Å². The normalized spacial score (nSPS) is 12.9. The lowest BCUT2D eigenvalue weighted by molar-refractivity contribution is 0.179. The van der Waals surface area contributed by atoms with Crippen LogP contribution in [0.25, 0.3) is 0 Å². The Morgan fingerprint density at radius 3 is 2.29 bits per heavy atom. The van der Waals surface area contributed by atoms with Gasteiger partial charge in [0, 0.05) is 6.42 Å². The minimum Gasteiger partial charge on any atom is -0.388 e. The molecule has 1 unspecified atom stereocenters. The molecule has 0 aliphatic heterocycles. The lowest BCUT2D eigenvalue weighted by Gasteiger charge is -2.10. The summed E-state index contributed by atoms with van der Waals surface area (Å²) in [4.78, 5) is 0. The second-order valence-electron chi connectivity index (χ2n) is 4.67. The highest BCUT2D eigenvalue weighted by molar-refractivity contribution is 7.07. The van der Waals surface area contributed by atoms with Gasteiger partial charge in [0.25, 0.3) is 0 Å². The number of hydrogen-bond donors (Lipinski definition) is 1. The van der Waals surface area contributed by atoms with Crippen molar-refractivity contribution in [2.24, 2.45) is 0 Å². The zero-order valence-corrected chi connectivity index (χ0v) is 11.1. The predicted octanol–water partition coefficient (Wildman–Crippen LogP) is 4.15. The van der Waals surface area contributed by atoms with Gasteiger partial charge in [0.1, 0.15) is 0 Å². The molecular weight excluding hydrogens is 228 g/mol. The number of rotatable bonds is 4. The first-order chi connectivity index (χ1) is 8.16. The second-order valence-corrected chi connectivity index (χ2v) is 5.45. The highest BCUT2D eigenvalue weighted by Crippen LogP contribution is 2.22. The molecule has 0 radical (unpaired) electrons. The first-order valence-electron chi connectivity index (χ1n) is 5.96. The lowest BCUT2D eigenvalue weighted by atomic mass is 9.98. The van der Waals surface area contributed by atoms with Crippen LogP contribution in [0.5, 0.6) is 0 Å². The Balaban J connectivity index is 2.04. The molecule has 0 aliphatic rings. The molecular formula is C15H18OS. The Kier molecular flexibility index (Phi) is 3.97. The Labute approximate surface area is 107 Å². The van der Waals surface area contributed by atoms with Crippen LogP contribution in [0, 0.1) is 0 Å². The van der Waals surface area contributed by atoms with Gasteiger partial charge in [-0.1, -0.05) is 38.1 Å². The van der Waals surface area contributed by atoms with E-state index in [4.69, 9.17) is 0 Å². The summed E-state index contributed by atoms with van der Waals surface area (Å²) in [5.41, 5.74) is 3.55. The zero-order chi connectivity index (χ0) is 12.3. The monoisotopic (exact) mass is 246 g/mol. The SMILES string of the molecule is CC(C)c1ccc(CC(O)c2ccsc2)cc1. The van der Waals surface area contributed by atoms with Crippen LogP contribution in [0.2, 0.25) is 0 Å². The van der Waals surface area contributed by atoms with Crippen LogP contribution in [-0.2, 0) is 6.42 Å². The molecule has 0 aliphatic carbocycles. The fourth-order valence-electron chi connectivity index (χ4n) is 1.84. The molecule has 0 amide bonds. The third-order valence-corrected chi connectivity index (χ3v) is 3.70. The average molecular weight is 246 g/mol. The third kappa shape index (κ3) is 3.18. The van der Waals surface area contributed by atoms with E-state index in [1.807, 2.05) is 16.8 Å². The minimum atomic E-state index is -0.383. The molecule has 1 atom stereocenters. The predicted molar refractivity (Wildman–Crippen MR) is 73.5 cm³/mol. The maximum Gasteiger partial charge on any atom is 0.0838 e. The molecule has 1 N–H and O–H groups in total. The molecule has 0 spiro atoms. The summed E-state index contributed by atoms with van der Waals surface area (Å²) >= 11 is 1.62. The topological polar surface area (TPSA) is 20.2 Å². The van der Waals surface area contributed by atoms with Crippen molar-refractivity contribution in [3.05, 3.63) is 57.8 Å². The van der Waals surface area contributed by atoms with Gasteiger partial charge in [-0.05, 0) is 39.4 Å². The molecule has 2 aromatic rings. The van der Waals surface area contributed by atoms with Crippen LogP contribution < -0.4 is 0 Å². The van der Waals surface area contributed by atoms with Gasteiger partial charge in [-0.3, -0.25) is 0 Å². The Hall–Kier alpha value is -1.12. The van der Waals surface area contributed by atoms with E-state index in [0.717, 1.165) is 5.56 Å². The summed E-state index contributed by atoms with van der Waals surface area (Å²) in [6, 6.07) is 10.5. The van der Waals surface area contributed by atoms with Crippen molar-refractivity contribution in [1.82, 2.24) is 0 Å². The summed E-state index contributed by atoms with van der Waals surface area (Å²) in [6.07, 6.45) is 0.306. The van der Waals surface area contributed by atoms with Crippen LogP contribution in [0.15, 0.2) is 41.1 Å². The second kappa shape index (κ2) is 5.48. The Morgan fingerprint density at radius 1 is 1.06 bits per heavy atom. The van der Waals surface area contributed by atoms with E-state index in [-0.39, 0.29) is 6.10 Å². The van der Waals surface area contributed by atoms with Gasteiger partial charge in [-0.15, -0.1) is 0 Å². The molecule has 0 bridgehead atoms. The largest absolute Gasteiger partial charge is 0.388 e.